The van der Waals surface area contributed by atoms with E-state index in [1.54, 1.807) is 18.3 Å². The van der Waals surface area contributed by atoms with Crippen LogP contribution in [0.1, 0.15) is 33.7 Å². The van der Waals surface area contributed by atoms with Gasteiger partial charge in [-0.3, -0.25) is 25.2 Å². The molecule has 0 aliphatic carbocycles. The van der Waals surface area contributed by atoms with E-state index in [2.05, 4.69) is 15.8 Å². The zero-order valence-corrected chi connectivity index (χ0v) is 11.6. The average Bonchev–Trinajstić information content (AvgIpc) is 3.05. The van der Waals surface area contributed by atoms with E-state index in [-0.39, 0.29) is 18.6 Å². The number of amides is 2. The number of hydrogen-bond acceptors (Lipinski definition) is 3. The molecule has 6 nitrogen and oxygen atoms in total. The molecular weight excluding hydrogens is 289 g/mol. The van der Waals surface area contributed by atoms with E-state index in [1.165, 1.54) is 24.3 Å². The summed E-state index contributed by atoms with van der Waals surface area (Å²) in [5, 5.41) is 0. The van der Waals surface area contributed by atoms with Gasteiger partial charge in [-0.05, 0) is 36.4 Å². The highest BCUT2D eigenvalue weighted by Gasteiger charge is 2.11. The summed E-state index contributed by atoms with van der Waals surface area (Å²) in [5.41, 5.74) is 5.09. The van der Waals surface area contributed by atoms with Crippen LogP contribution in [-0.4, -0.2) is 22.6 Å². The van der Waals surface area contributed by atoms with Crippen LogP contribution in [0.5, 0.6) is 0 Å². The van der Waals surface area contributed by atoms with E-state index in [9.17, 15) is 18.8 Å². The number of benzene rings is 1. The van der Waals surface area contributed by atoms with E-state index in [0.717, 1.165) is 0 Å². The van der Waals surface area contributed by atoms with Crippen LogP contribution in [0.4, 0.5) is 4.39 Å². The lowest BCUT2D eigenvalue weighted by Crippen LogP contribution is -2.41. The van der Waals surface area contributed by atoms with Gasteiger partial charge in [-0.25, -0.2) is 4.39 Å². The third-order valence-electron chi connectivity index (χ3n) is 2.90. The second kappa shape index (κ2) is 7.16. The molecule has 22 heavy (non-hydrogen) atoms. The Morgan fingerprint density at radius 3 is 2.36 bits per heavy atom. The molecule has 0 spiro atoms. The van der Waals surface area contributed by atoms with E-state index < -0.39 is 17.6 Å². The molecule has 0 aliphatic heterocycles. The number of hydrazine groups is 1. The zero-order chi connectivity index (χ0) is 15.9. The topological polar surface area (TPSA) is 91.1 Å². The molecule has 0 unspecified atom stereocenters. The highest BCUT2D eigenvalue weighted by Crippen LogP contribution is 2.07. The molecule has 0 fully saturated rings. The minimum Gasteiger partial charge on any atom is -0.357 e. The number of aromatic nitrogens is 1. The van der Waals surface area contributed by atoms with Crippen LogP contribution in [0.2, 0.25) is 0 Å². The minimum atomic E-state index is -0.490. The molecule has 1 heterocycles. The first-order chi connectivity index (χ1) is 10.6. The molecule has 114 valence electrons. The maximum atomic E-state index is 12.7. The predicted molar refractivity (Wildman–Crippen MR) is 76.4 cm³/mol. The van der Waals surface area contributed by atoms with E-state index in [1.807, 2.05) is 0 Å². The van der Waals surface area contributed by atoms with Crippen molar-refractivity contribution >= 4 is 17.6 Å². The lowest BCUT2D eigenvalue weighted by molar-refractivity contribution is -0.121. The van der Waals surface area contributed by atoms with Crippen LogP contribution in [0.3, 0.4) is 0 Å². The monoisotopic (exact) mass is 303 g/mol. The van der Waals surface area contributed by atoms with Gasteiger partial charge in [-0.2, -0.15) is 0 Å². The van der Waals surface area contributed by atoms with Crippen molar-refractivity contribution in [1.29, 1.82) is 0 Å². The fraction of sp³-hybridized carbons (Fsp3) is 0.133. The van der Waals surface area contributed by atoms with Crippen molar-refractivity contribution in [2.24, 2.45) is 0 Å². The van der Waals surface area contributed by atoms with E-state index >= 15 is 0 Å². The second-order valence-electron chi connectivity index (χ2n) is 4.52. The molecule has 1 aromatic heterocycles. The smallest absolute Gasteiger partial charge is 0.286 e. The normalized spacial score (nSPS) is 10.0. The van der Waals surface area contributed by atoms with Gasteiger partial charge < -0.3 is 4.98 Å². The highest BCUT2D eigenvalue weighted by atomic mass is 19.1. The zero-order valence-electron chi connectivity index (χ0n) is 11.6. The summed E-state index contributed by atoms with van der Waals surface area (Å²) < 4.78 is 12.7. The minimum absolute atomic E-state index is 0.0319. The Hall–Kier alpha value is -2.96. The third-order valence-corrected chi connectivity index (χ3v) is 2.90. The van der Waals surface area contributed by atoms with Crippen molar-refractivity contribution in [3.8, 4) is 0 Å². The molecular formula is C15H14FN3O3. The quantitative estimate of drug-likeness (QED) is 0.578. The summed E-state index contributed by atoms with van der Waals surface area (Å²) in [6.07, 6.45) is 1.47. The van der Waals surface area contributed by atoms with E-state index in [0.29, 0.717) is 11.3 Å². The predicted octanol–water partition coefficient (Wildman–Crippen LogP) is 1.58. The maximum Gasteiger partial charge on any atom is 0.286 e. The number of hydrogen-bond donors (Lipinski definition) is 3. The molecule has 3 N–H and O–H groups in total. The SMILES string of the molecule is O=C(CCC(=O)c1ccc(F)cc1)NNC(=O)c1ccc[nH]1. The number of halogens is 1. The molecule has 0 aliphatic rings. The highest BCUT2D eigenvalue weighted by molar-refractivity contribution is 5.98. The van der Waals surface area contributed by atoms with Crippen molar-refractivity contribution < 1.29 is 18.8 Å². The average molecular weight is 303 g/mol. The maximum absolute atomic E-state index is 12.7. The first kappa shape index (κ1) is 15.4. The van der Waals surface area contributed by atoms with Gasteiger partial charge in [-0.15, -0.1) is 0 Å². The Bertz CT molecular complexity index is 666. The number of rotatable bonds is 5. The summed E-state index contributed by atoms with van der Waals surface area (Å²) in [4.78, 5) is 37.6. The van der Waals surface area contributed by atoms with Crippen LogP contribution in [0.25, 0.3) is 0 Å². The Labute approximate surface area is 125 Å². The number of Topliss-reactive ketones (excluding diaryl/α,β-unsaturated/α-hetero) is 1. The van der Waals surface area contributed by atoms with Crippen LogP contribution in [-0.2, 0) is 4.79 Å². The first-order valence-corrected chi connectivity index (χ1v) is 6.57. The van der Waals surface area contributed by atoms with Gasteiger partial charge in [0, 0.05) is 24.6 Å². The number of aromatic amines is 1. The molecule has 2 amide bonds. The summed E-state index contributed by atoms with van der Waals surface area (Å²) in [5.74, 6) is -1.68. The summed E-state index contributed by atoms with van der Waals surface area (Å²) in [7, 11) is 0. The lowest BCUT2D eigenvalue weighted by Gasteiger charge is -2.06. The van der Waals surface area contributed by atoms with Crippen molar-refractivity contribution in [1.82, 2.24) is 15.8 Å². The molecule has 0 bridgehead atoms. The molecule has 0 saturated heterocycles. The van der Waals surface area contributed by atoms with Crippen LogP contribution < -0.4 is 10.9 Å². The summed E-state index contributed by atoms with van der Waals surface area (Å²) in [6, 6.07) is 8.30. The lowest BCUT2D eigenvalue weighted by atomic mass is 10.1. The number of ketones is 1. The van der Waals surface area contributed by atoms with Crippen molar-refractivity contribution in [3.05, 3.63) is 59.7 Å². The number of nitrogens with one attached hydrogen (secondary N) is 3. The second-order valence-corrected chi connectivity index (χ2v) is 4.52. The number of H-pyrrole nitrogens is 1. The molecule has 1 aromatic carbocycles. The molecule has 2 aromatic rings. The Balaban J connectivity index is 1.74. The molecule has 2 rings (SSSR count). The Kier molecular flexibility index (Phi) is 5.02. The molecule has 7 heteroatoms. The Morgan fingerprint density at radius 1 is 1.00 bits per heavy atom. The van der Waals surface area contributed by atoms with Crippen molar-refractivity contribution in [3.63, 3.8) is 0 Å². The standard InChI is InChI=1S/C15H14FN3O3/c16-11-5-3-10(4-6-11)13(20)7-8-14(21)18-19-15(22)12-2-1-9-17-12/h1-6,9,17H,7-8H2,(H,18,21)(H,19,22). The van der Waals surface area contributed by atoms with Gasteiger partial charge in [-0.1, -0.05) is 0 Å². The van der Waals surface area contributed by atoms with Crippen molar-refractivity contribution in [2.75, 3.05) is 0 Å². The molecule has 0 radical (unpaired) electrons. The Morgan fingerprint density at radius 2 is 1.73 bits per heavy atom. The van der Waals surface area contributed by atoms with Gasteiger partial charge in [0.2, 0.25) is 5.91 Å². The van der Waals surface area contributed by atoms with Gasteiger partial charge in [0.1, 0.15) is 11.5 Å². The van der Waals surface area contributed by atoms with Gasteiger partial charge >= 0.3 is 0 Å². The third kappa shape index (κ3) is 4.27. The molecule has 0 atom stereocenters. The number of carbonyl (C=O) groups excluding carboxylic acids is 3. The van der Waals surface area contributed by atoms with Crippen LogP contribution in [0, 0.1) is 5.82 Å². The fourth-order valence-electron chi connectivity index (χ4n) is 1.74. The number of carbonyl (C=O) groups is 3. The summed E-state index contributed by atoms with van der Waals surface area (Å²) >= 11 is 0. The van der Waals surface area contributed by atoms with Crippen LogP contribution in [0.15, 0.2) is 42.6 Å². The van der Waals surface area contributed by atoms with Gasteiger partial charge in [0.05, 0.1) is 0 Å². The largest absolute Gasteiger partial charge is 0.357 e. The van der Waals surface area contributed by atoms with E-state index in [4.69, 9.17) is 0 Å². The van der Waals surface area contributed by atoms with Gasteiger partial charge in [0.15, 0.2) is 5.78 Å². The fourth-order valence-corrected chi connectivity index (χ4v) is 1.74. The van der Waals surface area contributed by atoms with Crippen molar-refractivity contribution in [2.45, 2.75) is 12.8 Å². The molecule has 0 saturated carbocycles. The van der Waals surface area contributed by atoms with Gasteiger partial charge in [0.25, 0.3) is 5.91 Å². The first-order valence-electron chi connectivity index (χ1n) is 6.57. The van der Waals surface area contributed by atoms with Crippen LogP contribution >= 0.6 is 0 Å². The summed E-state index contributed by atoms with van der Waals surface area (Å²) in [6.45, 7) is 0.